The Morgan fingerprint density at radius 3 is 2.19 bits per heavy atom. The molecule has 124 valence electrons. The van der Waals surface area contributed by atoms with Crippen molar-refractivity contribution in [3.05, 3.63) is 0 Å². The fraction of sp³-hybridized carbons (Fsp3) is 1.00. The van der Waals surface area contributed by atoms with Crippen LogP contribution in [-0.2, 0) is 10.2 Å². The second-order valence-electron chi connectivity index (χ2n) is 5.77. The van der Waals surface area contributed by atoms with Crippen LogP contribution >= 0.6 is 0 Å². The lowest BCUT2D eigenvalue weighted by molar-refractivity contribution is -0.182. The van der Waals surface area contributed by atoms with Gasteiger partial charge in [-0.2, -0.15) is 30.2 Å². The van der Waals surface area contributed by atoms with Gasteiger partial charge in [0.05, 0.1) is 5.92 Å². The molecule has 1 atom stereocenters. The first-order valence-electron chi connectivity index (χ1n) is 7.18. The van der Waals surface area contributed by atoms with E-state index in [0.717, 1.165) is 4.31 Å². The number of halogens is 3. The molecule has 1 unspecified atom stereocenters. The van der Waals surface area contributed by atoms with Crippen molar-refractivity contribution in [3.63, 3.8) is 0 Å². The predicted molar refractivity (Wildman–Crippen MR) is 70.7 cm³/mol. The van der Waals surface area contributed by atoms with Crippen molar-refractivity contribution in [2.75, 3.05) is 32.8 Å². The van der Waals surface area contributed by atoms with E-state index < -0.39 is 28.8 Å². The van der Waals surface area contributed by atoms with Crippen molar-refractivity contribution >= 4 is 10.2 Å². The monoisotopic (exact) mass is 330 g/mol. The van der Waals surface area contributed by atoms with Crippen LogP contribution in [0.15, 0.2) is 0 Å². The van der Waals surface area contributed by atoms with Crippen molar-refractivity contribution in [1.82, 2.24) is 8.61 Å². The molecule has 0 aliphatic carbocycles. The van der Waals surface area contributed by atoms with Gasteiger partial charge in [-0.1, -0.05) is 0 Å². The molecule has 0 amide bonds. The van der Waals surface area contributed by atoms with Gasteiger partial charge in [-0.3, -0.25) is 0 Å². The van der Waals surface area contributed by atoms with Crippen LogP contribution in [0.25, 0.3) is 0 Å². The molecule has 2 saturated heterocycles. The first-order chi connectivity index (χ1) is 9.75. The zero-order valence-corrected chi connectivity index (χ0v) is 12.5. The Morgan fingerprint density at radius 2 is 1.67 bits per heavy atom. The zero-order chi connectivity index (χ0) is 15.7. The Balaban J connectivity index is 2.02. The zero-order valence-electron chi connectivity index (χ0n) is 11.7. The third-order valence-electron chi connectivity index (χ3n) is 4.33. The van der Waals surface area contributed by atoms with Crippen LogP contribution in [0.4, 0.5) is 13.2 Å². The third kappa shape index (κ3) is 3.88. The standard InChI is InChI=1S/C12H21F3N2O3S/c13-12(14,15)11-2-1-5-17(8-11)21(19,20)16-6-3-10(9-18)4-7-16/h10-11,18H,1-9H2. The molecule has 2 aliphatic heterocycles. The average molecular weight is 330 g/mol. The van der Waals surface area contributed by atoms with E-state index in [0.29, 0.717) is 12.8 Å². The maximum absolute atomic E-state index is 12.8. The van der Waals surface area contributed by atoms with Crippen molar-refractivity contribution in [2.24, 2.45) is 11.8 Å². The molecule has 2 heterocycles. The molecule has 0 aromatic heterocycles. The third-order valence-corrected chi connectivity index (χ3v) is 6.33. The van der Waals surface area contributed by atoms with Crippen LogP contribution in [0.5, 0.6) is 0 Å². The van der Waals surface area contributed by atoms with E-state index in [-0.39, 0.29) is 45.0 Å². The number of aliphatic hydroxyl groups is 1. The highest BCUT2D eigenvalue weighted by atomic mass is 32.2. The van der Waals surface area contributed by atoms with Gasteiger partial charge < -0.3 is 5.11 Å². The predicted octanol–water partition coefficient (Wildman–Crippen LogP) is 1.21. The maximum Gasteiger partial charge on any atom is 0.393 e. The average Bonchev–Trinajstić information content (AvgIpc) is 2.46. The van der Waals surface area contributed by atoms with Crippen molar-refractivity contribution in [1.29, 1.82) is 0 Å². The van der Waals surface area contributed by atoms with Gasteiger partial charge in [-0.25, -0.2) is 0 Å². The van der Waals surface area contributed by atoms with Gasteiger partial charge in [-0.15, -0.1) is 0 Å². The number of hydrogen-bond acceptors (Lipinski definition) is 3. The summed E-state index contributed by atoms with van der Waals surface area (Å²) in [4.78, 5) is 0. The topological polar surface area (TPSA) is 60.9 Å². The summed E-state index contributed by atoms with van der Waals surface area (Å²) in [5, 5.41) is 9.05. The summed E-state index contributed by atoms with van der Waals surface area (Å²) in [5.41, 5.74) is 0. The van der Waals surface area contributed by atoms with Crippen LogP contribution in [0, 0.1) is 11.8 Å². The molecular formula is C12H21F3N2O3S. The number of rotatable bonds is 3. The first kappa shape index (κ1) is 17.0. The molecule has 2 fully saturated rings. The highest BCUT2D eigenvalue weighted by molar-refractivity contribution is 7.86. The molecule has 1 N–H and O–H groups in total. The summed E-state index contributed by atoms with van der Waals surface area (Å²) >= 11 is 0. The lowest BCUT2D eigenvalue weighted by atomic mass is 9.99. The summed E-state index contributed by atoms with van der Waals surface area (Å²) in [7, 11) is -3.82. The number of alkyl halides is 3. The van der Waals surface area contributed by atoms with E-state index in [1.807, 2.05) is 0 Å². The fourth-order valence-corrected chi connectivity index (χ4v) is 4.63. The Morgan fingerprint density at radius 1 is 1.05 bits per heavy atom. The Labute approximate surface area is 122 Å². The molecule has 0 spiro atoms. The van der Waals surface area contributed by atoms with E-state index >= 15 is 0 Å². The second kappa shape index (κ2) is 6.39. The quantitative estimate of drug-likeness (QED) is 0.846. The fourth-order valence-electron chi connectivity index (χ4n) is 2.91. The minimum absolute atomic E-state index is 0.0118. The van der Waals surface area contributed by atoms with Crippen molar-refractivity contribution in [2.45, 2.75) is 31.9 Å². The van der Waals surface area contributed by atoms with E-state index in [2.05, 4.69) is 0 Å². The Kier molecular flexibility index (Phi) is 5.17. The SMILES string of the molecule is O=S(=O)(N1CCC(CO)CC1)N1CCCC(C(F)(F)F)C1. The highest BCUT2D eigenvalue weighted by Gasteiger charge is 2.45. The van der Waals surface area contributed by atoms with Crippen LogP contribution in [-0.4, -0.2) is 61.1 Å². The summed E-state index contributed by atoms with van der Waals surface area (Å²) in [6.07, 6.45) is -3.03. The van der Waals surface area contributed by atoms with E-state index in [1.165, 1.54) is 4.31 Å². The van der Waals surface area contributed by atoms with Gasteiger partial charge in [0.1, 0.15) is 0 Å². The number of hydrogen-bond donors (Lipinski definition) is 1. The van der Waals surface area contributed by atoms with Crippen LogP contribution in [0.2, 0.25) is 0 Å². The normalized spacial score (nSPS) is 27.9. The van der Waals surface area contributed by atoms with Crippen molar-refractivity contribution < 1.29 is 26.7 Å². The van der Waals surface area contributed by atoms with E-state index in [4.69, 9.17) is 5.11 Å². The largest absolute Gasteiger partial charge is 0.396 e. The molecule has 2 aliphatic rings. The maximum atomic E-state index is 12.8. The molecule has 0 bridgehead atoms. The molecule has 5 nitrogen and oxygen atoms in total. The molecule has 2 rings (SSSR count). The molecule has 0 aromatic rings. The molecule has 0 radical (unpaired) electrons. The van der Waals surface area contributed by atoms with E-state index in [9.17, 15) is 21.6 Å². The number of piperidine rings is 2. The van der Waals surface area contributed by atoms with Crippen molar-refractivity contribution in [3.8, 4) is 0 Å². The Bertz CT molecular complexity index is 447. The van der Waals surface area contributed by atoms with Gasteiger partial charge >= 0.3 is 6.18 Å². The molecule has 0 aromatic carbocycles. The van der Waals surface area contributed by atoms with E-state index in [1.54, 1.807) is 0 Å². The number of aliphatic hydroxyl groups excluding tert-OH is 1. The summed E-state index contributed by atoms with van der Waals surface area (Å²) in [6.45, 7) is 0.218. The molecule has 0 saturated carbocycles. The van der Waals surface area contributed by atoms with Gasteiger partial charge in [0.15, 0.2) is 0 Å². The molecular weight excluding hydrogens is 309 g/mol. The van der Waals surface area contributed by atoms with Gasteiger partial charge in [-0.05, 0) is 31.6 Å². The summed E-state index contributed by atoms with van der Waals surface area (Å²) in [6, 6.07) is 0. The lowest BCUT2D eigenvalue weighted by Gasteiger charge is -2.38. The minimum Gasteiger partial charge on any atom is -0.396 e. The van der Waals surface area contributed by atoms with Gasteiger partial charge in [0, 0.05) is 32.8 Å². The summed E-state index contributed by atoms with van der Waals surface area (Å²) in [5.74, 6) is -1.49. The van der Waals surface area contributed by atoms with Crippen LogP contribution < -0.4 is 0 Å². The van der Waals surface area contributed by atoms with Gasteiger partial charge in [0.25, 0.3) is 10.2 Å². The van der Waals surface area contributed by atoms with Gasteiger partial charge in [0.2, 0.25) is 0 Å². The molecule has 9 heteroatoms. The lowest BCUT2D eigenvalue weighted by Crippen LogP contribution is -2.52. The smallest absolute Gasteiger partial charge is 0.393 e. The minimum atomic E-state index is -4.35. The number of nitrogens with zero attached hydrogens (tertiary/aromatic N) is 2. The van der Waals surface area contributed by atoms with Crippen LogP contribution in [0.1, 0.15) is 25.7 Å². The molecule has 21 heavy (non-hydrogen) atoms. The first-order valence-corrected chi connectivity index (χ1v) is 8.57. The summed E-state index contributed by atoms with van der Waals surface area (Å²) < 4.78 is 65.4. The highest BCUT2D eigenvalue weighted by Crippen LogP contribution is 2.34. The van der Waals surface area contributed by atoms with Crippen LogP contribution in [0.3, 0.4) is 0 Å². The Hall–Kier alpha value is -0.380. The second-order valence-corrected chi connectivity index (χ2v) is 7.70.